The number of ether oxygens (including phenoxy) is 1. The van der Waals surface area contributed by atoms with E-state index in [4.69, 9.17) is 10.5 Å². The average molecular weight is 242 g/mol. The van der Waals surface area contributed by atoms with E-state index in [0.29, 0.717) is 26.2 Å². The van der Waals surface area contributed by atoms with Gasteiger partial charge >= 0.3 is 0 Å². The van der Waals surface area contributed by atoms with Gasteiger partial charge in [0.05, 0.1) is 18.6 Å². The van der Waals surface area contributed by atoms with Crippen molar-refractivity contribution in [2.24, 2.45) is 17.1 Å². The monoisotopic (exact) mass is 242 g/mol. The van der Waals surface area contributed by atoms with Crippen molar-refractivity contribution >= 4 is 5.91 Å². The molecule has 0 aromatic heterocycles. The van der Waals surface area contributed by atoms with Gasteiger partial charge in [0.25, 0.3) is 0 Å². The molecular formula is C13H26N2O2. The van der Waals surface area contributed by atoms with E-state index in [0.717, 1.165) is 6.42 Å². The molecule has 4 nitrogen and oxygen atoms in total. The standard InChI is InChI=1S/C13H26N2O2/c1-10-9-15(5-6-17-10)12(16)11(8-14)7-13(2,3)4/h10-11H,5-9,14H2,1-4H3. The van der Waals surface area contributed by atoms with E-state index in [1.54, 1.807) is 0 Å². The molecule has 17 heavy (non-hydrogen) atoms. The summed E-state index contributed by atoms with van der Waals surface area (Å²) in [4.78, 5) is 14.2. The first-order chi connectivity index (χ1) is 7.83. The maximum atomic E-state index is 12.3. The van der Waals surface area contributed by atoms with Gasteiger partial charge in [-0.25, -0.2) is 0 Å². The summed E-state index contributed by atoms with van der Waals surface area (Å²) in [6.45, 7) is 10.9. The fraction of sp³-hybridized carbons (Fsp3) is 0.923. The minimum absolute atomic E-state index is 0.0553. The van der Waals surface area contributed by atoms with Crippen LogP contribution in [-0.2, 0) is 9.53 Å². The molecule has 0 aromatic rings. The van der Waals surface area contributed by atoms with Crippen molar-refractivity contribution in [1.29, 1.82) is 0 Å². The minimum atomic E-state index is -0.0553. The highest BCUT2D eigenvalue weighted by Crippen LogP contribution is 2.25. The number of nitrogens with zero attached hydrogens (tertiary/aromatic N) is 1. The highest BCUT2D eigenvalue weighted by Gasteiger charge is 2.29. The third kappa shape index (κ3) is 4.64. The minimum Gasteiger partial charge on any atom is -0.375 e. The van der Waals surface area contributed by atoms with Crippen LogP contribution < -0.4 is 5.73 Å². The Morgan fingerprint density at radius 1 is 1.53 bits per heavy atom. The molecule has 4 heteroatoms. The zero-order valence-electron chi connectivity index (χ0n) is 11.5. The zero-order chi connectivity index (χ0) is 13.1. The summed E-state index contributed by atoms with van der Waals surface area (Å²) in [6, 6.07) is 0. The second kappa shape index (κ2) is 5.83. The predicted molar refractivity (Wildman–Crippen MR) is 68.6 cm³/mol. The predicted octanol–water partition coefficient (Wildman–Crippen LogP) is 1.24. The molecule has 1 saturated heterocycles. The molecule has 100 valence electrons. The molecule has 1 rings (SSSR count). The number of hydrogen-bond donors (Lipinski definition) is 1. The van der Waals surface area contributed by atoms with Crippen LogP contribution in [0, 0.1) is 11.3 Å². The molecule has 2 atom stereocenters. The van der Waals surface area contributed by atoms with Crippen molar-refractivity contribution in [2.45, 2.75) is 40.2 Å². The van der Waals surface area contributed by atoms with E-state index in [9.17, 15) is 4.79 Å². The lowest BCUT2D eigenvalue weighted by Gasteiger charge is -2.35. The molecular weight excluding hydrogens is 216 g/mol. The largest absolute Gasteiger partial charge is 0.375 e. The van der Waals surface area contributed by atoms with Gasteiger partial charge in [-0.2, -0.15) is 0 Å². The van der Waals surface area contributed by atoms with Gasteiger partial charge in [-0.1, -0.05) is 20.8 Å². The van der Waals surface area contributed by atoms with E-state index < -0.39 is 0 Å². The van der Waals surface area contributed by atoms with Crippen LogP contribution in [0.15, 0.2) is 0 Å². The van der Waals surface area contributed by atoms with Crippen LogP contribution in [0.2, 0.25) is 0 Å². The molecule has 0 spiro atoms. The fourth-order valence-corrected chi connectivity index (χ4v) is 2.29. The molecule has 1 aliphatic rings. The number of morpholine rings is 1. The molecule has 0 aromatic carbocycles. The molecule has 2 N–H and O–H groups in total. The van der Waals surface area contributed by atoms with E-state index in [-0.39, 0.29) is 23.3 Å². The molecule has 0 bridgehead atoms. The van der Waals surface area contributed by atoms with E-state index in [2.05, 4.69) is 20.8 Å². The van der Waals surface area contributed by atoms with Gasteiger partial charge in [-0.05, 0) is 18.8 Å². The third-order valence-electron chi connectivity index (χ3n) is 3.05. The summed E-state index contributed by atoms with van der Waals surface area (Å²) in [5.74, 6) is 0.137. The molecule has 0 radical (unpaired) electrons. The van der Waals surface area contributed by atoms with E-state index in [1.165, 1.54) is 0 Å². The smallest absolute Gasteiger partial charge is 0.227 e. The van der Waals surface area contributed by atoms with Gasteiger partial charge in [0.2, 0.25) is 5.91 Å². The Balaban J connectivity index is 2.59. The third-order valence-corrected chi connectivity index (χ3v) is 3.05. The van der Waals surface area contributed by atoms with Gasteiger partial charge < -0.3 is 15.4 Å². The van der Waals surface area contributed by atoms with Gasteiger partial charge in [0, 0.05) is 19.6 Å². The topological polar surface area (TPSA) is 55.6 Å². The first-order valence-corrected chi connectivity index (χ1v) is 6.44. The summed E-state index contributed by atoms with van der Waals surface area (Å²) in [5, 5.41) is 0. The Labute approximate surface area is 104 Å². The second-order valence-electron chi connectivity index (χ2n) is 6.16. The van der Waals surface area contributed by atoms with Gasteiger partial charge in [-0.15, -0.1) is 0 Å². The maximum absolute atomic E-state index is 12.3. The summed E-state index contributed by atoms with van der Waals surface area (Å²) in [7, 11) is 0. The van der Waals surface area contributed by atoms with Crippen LogP contribution in [0.5, 0.6) is 0 Å². The number of hydrogen-bond acceptors (Lipinski definition) is 3. The summed E-state index contributed by atoms with van der Waals surface area (Å²) in [5.41, 5.74) is 5.88. The van der Waals surface area contributed by atoms with Crippen molar-refractivity contribution in [3.05, 3.63) is 0 Å². The number of amides is 1. The first kappa shape index (κ1) is 14.5. The Hall–Kier alpha value is -0.610. The average Bonchev–Trinajstić information content (AvgIpc) is 2.23. The lowest BCUT2D eigenvalue weighted by molar-refractivity contribution is -0.143. The normalized spacial score (nSPS) is 23.6. The molecule has 0 saturated carbocycles. The second-order valence-corrected chi connectivity index (χ2v) is 6.16. The highest BCUT2D eigenvalue weighted by molar-refractivity contribution is 5.79. The zero-order valence-corrected chi connectivity index (χ0v) is 11.5. The van der Waals surface area contributed by atoms with Gasteiger partial charge in [0.15, 0.2) is 0 Å². The van der Waals surface area contributed by atoms with Crippen LogP contribution in [0.4, 0.5) is 0 Å². The maximum Gasteiger partial charge on any atom is 0.227 e. The van der Waals surface area contributed by atoms with Crippen molar-refractivity contribution in [3.63, 3.8) is 0 Å². The molecule has 1 fully saturated rings. The molecule has 0 aliphatic carbocycles. The van der Waals surface area contributed by atoms with Gasteiger partial charge in [-0.3, -0.25) is 4.79 Å². The highest BCUT2D eigenvalue weighted by atomic mass is 16.5. The van der Waals surface area contributed by atoms with Crippen molar-refractivity contribution < 1.29 is 9.53 Å². The van der Waals surface area contributed by atoms with E-state index >= 15 is 0 Å². The number of nitrogens with two attached hydrogens (primary N) is 1. The van der Waals surface area contributed by atoms with Crippen LogP contribution in [-0.4, -0.2) is 43.2 Å². The Kier molecular flexibility index (Phi) is 4.95. The van der Waals surface area contributed by atoms with E-state index in [1.807, 2.05) is 11.8 Å². The quantitative estimate of drug-likeness (QED) is 0.810. The summed E-state index contributed by atoms with van der Waals surface area (Å²) in [6.07, 6.45) is 0.981. The lowest BCUT2D eigenvalue weighted by Crippen LogP contribution is -2.48. The summed E-state index contributed by atoms with van der Waals surface area (Å²) < 4.78 is 5.45. The first-order valence-electron chi connectivity index (χ1n) is 6.44. The number of carbonyl (C=O) groups is 1. The van der Waals surface area contributed by atoms with Crippen molar-refractivity contribution in [3.8, 4) is 0 Å². The Bertz CT molecular complexity index is 261. The summed E-state index contributed by atoms with van der Waals surface area (Å²) >= 11 is 0. The Morgan fingerprint density at radius 3 is 2.65 bits per heavy atom. The van der Waals surface area contributed by atoms with Crippen LogP contribution in [0.25, 0.3) is 0 Å². The molecule has 2 unspecified atom stereocenters. The van der Waals surface area contributed by atoms with Crippen LogP contribution in [0.1, 0.15) is 34.1 Å². The van der Waals surface area contributed by atoms with Crippen LogP contribution in [0.3, 0.4) is 0 Å². The molecule has 1 amide bonds. The van der Waals surface area contributed by atoms with Crippen LogP contribution >= 0.6 is 0 Å². The van der Waals surface area contributed by atoms with Gasteiger partial charge in [0.1, 0.15) is 0 Å². The lowest BCUT2D eigenvalue weighted by atomic mass is 9.84. The molecule has 1 heterocycles. The number of rotatable bonds is 3. The molecule has 1 aliphatic heterocycles. The Morgan fingerprint density at radius 2 is 2.18 bits per heavy atom. The van der Waals surface area contributed by atoms with Crippen molar-refractivity contribution in [1.82, 2.24) is 4.90 Å². The fourth-order valence-electron chi connectivity index (χ4n) is 2.29. The van der Waals surface area contributed by atoms with Crippen molar-refractivity contribution in [2.75, 3.05) is 26.2 Å². The SMILES string of the molecule is CC1CN(C(=O)C(CN)CC(C)(C)C)CCO1. The number of carbonyl (C=O) groups excluding carboxylic acids is 1.